The molecule has 0 aliphatic carbocycles. The molecule has 0 fully saturated rings. The monoisotopic (exact) mass is 182 g/mol. The SMILES string of the molecule is CC(=O)C1=C[N+](C)(O)C(=O)C=C1C. The van der Waals surface area contributed by atoms with Crippen LogP contribution >= 0.6 is 0 Å². The lowest BCUT2D eigenvalue weighted by Gasteiger charge is -2.21. The van der Waals surface area contributed by atoms with Gasteiger partial charge in [0.25, 0.3) is 0 Å². The van der Waals surface area contributed by atoms with Crippen molar-refractivity contribution < 1.29 is 19.4 Å². The van der Waals surface area contributed by atoms with Crippen molar-refractivity contribution >= 4 is 11.7 Å². The molecule has 0 saturated carbocycles. The minimum absolute atomic E-state index is 0.153. The van der Waals surface area contributed by atoms with E-state index in [0.717, 1.165) is 0 Å². The Kier molecular flexibility index (Phi) is 2.19. The van der Waals surface area contributed by atoms with Gasteiger partial charge in [0.1, 0.15) is 13.2 Å². The van der Waals surface area contributed by atoms with Crippen LogP contribution in [0.1, 0.15) is 13.8 Å². The van der Waals surface area contributed by atoms with Crippen LogP contribution in [0.2, 0.25) is 0 Å². The Balaban J connectivity index is 3.19. The van der Waals surface area contributed by atoms with Crippen molar-refractivity contribution in [3.63, 3.8) is 0 Å². The normalized spacial score (nSPS) is 28.2. The van der Waals surface area contributed by atoms with Gasteiger partial charge in [-0.2, -0.15) is 0 Å². The van der Waals surface area contributed by atoms with Crippen LogP contribution in [0.4, 0.5) is 0 Å². The Morgan fingerprint density at radius 1 is 1.54 bits per heavy atom. The highest BCUT2D eigenvalue weighted by Gasteiger charge is 2.33. The van der Waals surface area contributed by atoms with Crippen molar-refractivity contribution in [1.29, 1.82) is 0 Å². The smallest absolute Gasteiger partial charge is 0.294 e. The third-order valence-corrected chi connectivity index (χ3v) is 1.97. The van der Waals surface area contributed by atoms with Gasteiger partial charge in [0, 0.05) is 0 Å². The van der Waals surface area contributed by atoms with E-state index in [1.54, 1.807) is 6.92 Å². The van der Waals surface area contributed by atoms with Crippen molar-refractivity contribution in [2.45, 2.75) is 13.8 Å². The maximum atomic E-state index is 11.2. The summed E-state index contributed by atoms with van der Waals surface area (Å²) < 4.78 is -0.883. The molecular weight excluding hydrogens is 170 g/mol. The fraction of sp³-hybridized carbons (Fsp3) is 0.333. The molecule has 1 aliphatic rings. The molecule has 0 radical (unpaired) electrons. The number of carbonyl (C=O) groups excluding carboxylic acids is 2. The Labute approximate surface area is 76.3 Å². The zero-order chi connectivity index (χ0) is 10.2. The highest BCUT2D eigenvalue weighted by Crippen LogP contribution is 2.20. The van der Waals surface area contributed by atoms with Gasteiger partial charge in [0.15, 0.2) is 5.78 Å². The number of hydroxylamine groups is 3. The third-order valence-electron chi connectivity index (χ3n) is 1.97. The second kappa shape index (κ2) is 2.90. The number of allylic oxidation sites excluding steroid dienone is 2. The molecule has 70 valence electrons. The van der Waals surface area contributed by atoms with E-state index >= 15 is 0 Å². The first-order valence-electron chi connectivity index (χ1n) is 3.90. The van der Waals surface area contributed by atoms with Crippen LogP contribution in [-0.4, -0.2) is 28.6 Å². The molecule has 1 rings (SSSR count). The second-order valence-corrected chi connectivity index (χ2v) is 3.29. The fourth-order valence-corrected chi connectivity index (χ4v) is 1.18. The van der Waals surface area contributed by atoms with Crippen LogP contribution in [-0.2, 0) is 9.59 Å². The Hall–Kier alpha value is -1.26. The predicted octanol–water partition coefficient (Wildman–Crippen LogP) is 0.782. The number of quaternary nitrogens is 1. The first-order chi connectivity index (χ1) is 5.84. The summed E-state index contributed by atoms with van der Waals surface area (Å²) in [6.07, 6.45) is 2.52. The van der Waals surface area contributed by atoms with E-state index in [9.17, 15) is 14.8 Å². The molecule has 1 amide bonds. The lowest BCUT2D eigenvalue weighted by Crippen LogP contribution is -2.42. The summed E-state index contributed by atoms with van der Waals surface area (Å²) in [7, 11) is 1.31. The van der Waals surface area contributed by atoms with E-state index in [4.69, 9.17) is 0 Å². The molecule has 1 heterocycles. The molecule has 4 nitrogen and oxygen atoms in total. The van der Waals surface area contributed by atoms with Crippen LogP contribution in [0.25, 0.3) is 0 Å². The van der Waals surface area contributed by atoms with E-state index < -0.39 is 10.6 Å². The quantitative estimate of drug-likeness (QED) is 0.481. The Bertz CT molecular complexity index is 337. The van der Waals surface area contributed by atoms with Crippen LogP contribution in [0.5, 0.6) is 0 Å². The van der Waals surface area contributed by atoms with Gasteiger partial charge < -0.3 is 0 Å². The maximum Gasteiger partial charge on any atom is 0.375 e. The van der Waals surface area contributed by atoms with Crippen molar-refractivity contribution in [3.05, 3.63) is 23.4 Å². The Morgan fingerprint density at radius 2 is 2.08 bits per heavy atom. The molecule has 0 aromatic heterocycles. The average Bonchev–Trinajstić information content (AvgIpc) is 1.97. The first kappa shape index (κ1) is 9.83. The minimum atomic E-state index is -0.883. The lowest BCUT2D eigenvalue weighted by molar-refractivity contribution is -0.981. The summed E-state index contributed by atoms with van der Waals surface area (Å²) in [6.45, 7) is 3.07. The molecule has 0 saturated heterocycles. The standard InChI is InChI=1S/C9H12NO3/c1-6-4-9(12)10(3,13)5-8(6)7(2)11/h4-5,13H,1-3H3/q+1. The van der Waals surface area contributed by atoms with Crippen molar-refractivity contribution in [2.75, 3.05) is 7.05 Å². The summed E-state index contributed by atoms with van der Waals surface area (Å²) in [6, 6.07) is 0. The fourth-order valence-electron chi connectivity index (χ4n) is 1.18. The van der Waals surface area contributed by atoms with Gasteiger partial charge in [-0.15, -0.1) is 0 Å². The number of Topliss-reactive ketones (excluding diaryl/α,β-unsaturated/α-hetero) is 1. The molecule has 0 aromatic rings. The molecular formula is C9H12NO3+. The highest BCUT2D eigenvalue weighted by molar-refractivity contribution is 6.00. The van der Waals surface area contributed by atoms with Crippen LogP contribution in [0, 0.1) is 0 Å². The summed E-state index contributed by atoms with van der Waals surface area (Å²) >= 11 is 0. The predicted molar refractivity (Wildman–Crippen MR) is 45.5 cm³/mol. The molecule has 0 aromatic carbocycles. The minimum Gasteiger partial charge on any atom is -0.294 e. The number of hydrogen-bond acceptors (Lipinski definition) is 3. The second-order valence-electron chi connectivity index (χ2n) is 3.29. The number of hydrogen-bond donors (Lipinski definition) is 1. The van der Waals surface area contributed by atoms with E-state index in [-0.39, 0.29) is 5.78 Å². The number of ketones is 1. The Morgan fingerprint density at radius 3 is 2.54 bits per heavy atom. The van der Waals surface area contributed by atoms with Crippen LogP contribution in [0.15, 0.2) is 23.4 Å². The number of nitrogens with zero attached hydrogens (tertiary/aromatic N) is 1. The molecule has 1 N–H and O–H groups in total. The molecule has 1 unspecified atom stereocenters. The molecule has 0 spiro atoms. The zero-order valence-corrected chi connectivity index (χ0v) is 7.87. The maximum absolute atomic E-state index is 11.2. The molecule has 1 aliphatic heterocycles. The number of carbonyl (C=O) groups is 2. The third kappa shape index (κ3) is 1.74. The van der Waals surface area contributed by atoms with Crippen LogP contribution < -0.4 is 0 Å². The molecule has 13 heavy (non-hydrogen) atoms. The van der Waals surface area contributed by atoms with Crippen molar-refractivity contribution in [1.82, 2.24) is 0 Å². The number of likely N-dealkylation sites (N-methyl/N-ethyl adjacent to an activating group) is 1. The van der Waals surface area contributed by atoms with E-state index in [2.05, 4.69) is 0 Å². The zero-order valence-electron chi connectivity index (χ0n) is 7.87. The van der Waals surface area contributed by atoms with Gasteiger partial charge in [-0.3, -0.25) is 4.79 Å². The van der Waals surface area contributed by atoms with Gasteiger partial charge >= 0.3 is 5.91 Å². The summed E-state index contributed by atoms with van der Waals surface area (Å²) in [5.74, 6) is -0.595. The van der Waals surface area contributed by atoms with Gasteiger partial charge in [0.2, 0.25) is 0 Å². The highest BCUT2D eigenvalue weighted by atomic mass is 16.6. The summed E-state index contributed by atoms with van der Waals surface area (Å²) in [4.78, 5) is 22.2. The first-order valence-corrected chi connectivity index (χ1v) is 3.90. The molecule has 0 bridgehead atoms. The van der Waals surface area contributed by atoms with Gasteiger partial charge in [-0.1, -0.05) is 4.65 Å². The topological polar surface area (TPSA) is 54.4 Å². The average molecular weight is 182 g/mol. The van der Waals surface area contributed by atoms with Gasteiger partial charge in [0.05, 0.1) is 11.6 Å². The van der Waals surface area contributed by atoms with Gasteiger partial charge in [-0.05, 0) is 19.4 Å². The largest absolute Gasteiger partial charge is 0.375 e. The molecule has 4 heteroatoms. The summed E-state index contributed by atoms with van der Waals surface area (Å²) in [5.41, 5.74) is 0.992. The number of rotatable bonds is 1. The van der Waals surface area contributed by atoms with Crippen molar-refractivity contribution in [2.24, 2.45) is 0 Å². The van der Waals surface area contributed by atoms with E-state index in [1.807, 2.05) is 0 Å². The van der Waals surface area contributed by atoms with Gasteiger partial charge in [-0.25, -0.2) is 10.0 Å². The lowest BCUT2D eigenvalue weighted by atomic mass is 10.0. The van der Waals surface area contributed by atoms with Crippen LogP contribution in [0.3, 0.4) is 0 Å². The van der Waals surface area contributed by atoms with E-state index in [1.165, 1.54) is 26.2 Å². The number of amides is 1. The van der Waals surface area contributed by atoms with E-state index in [0.29, 0.717) is 11.1 Å². The molecule has 1 atom stereocenters. The van der Waals surface area contributed by atoms with Crippen molar-refractivity contribution in [3.8, 4) is 0 Å². The summed E-state index contributed by atoms with van der Waals surface area (Å²) in [5, 5.41) is 9.49.